The van der Waals surface area contributed by atoms with Crippen molar-refractivity contribution in [3.63, 3.8) is 0 Å². The van der Waals surface area contributed by atoms with Crippen molar-refractivity contribution >= 4 is 10.0 Å². The van der Waals surface area contributed by atoms with Gasteiger partial charge in [-0.25, -0.2) is 27.5 Å². The van der Waals surface area contributed by atoms with Gasteiger partial charge in [0.25, 0.3) is 5.56 Å². The topological polar surface area (TPSA) is 112 Å². The molecule has 0 spiro atoms. The highest BCUT2D eigenvalue weighted by atomic mass is 32.2. The molecule has 2 aromatic heterocycles. The molecule has 0 aliphatic rings. The molecule has 0 aliphatic heterocycles. The van der Waals surface area contributed by atoms with E-state index in [1.54, 1.807) is 13.8 Å². The molecule has 0 aliphatic carbocycles. The normalized spacial score (nSPS) is 12.0. The van der Waals surface area contributed by atoms with Crippen LogP contribution in [0.4, 0.5) is 0 Å². The van der Waals surface area contributed by atoms with Crippen molar-refractivity contribution in [3.05, 3.63) is 35.1 Å². The summed E-state index contributed by atoms with van der Waals surface area (Å²) >= 11 is 0. The first-order chi connectivity index (χ1) is 9.90. The Hall–Kier alpha value is -2.07. The van der Waals surface area contributed by atoms with Crippen LogP contribution in [0.3, 0.4) is 0 Å². The van der Waals surface area contributed by atoms with Crippen LogP contribution in [0.2, 0.25) is 0 Å². The van der Waals surface area contributed by atoms with E-state index in [1.165, 1.54) is 34.2 Å². The molecule has 2 rings (SSSR count). The first-order valence-electron chi connectivity index (χ1n) is 6.32. The van der Waals surface area contributed by atoms with Crippen LogP contribution >= 0.6 is 0 Å². The molecular formula is C11H16N6O3S. The molecule has 1 N–H and O–H groups in total. The van der Waals surface area contributed by atoms with Gasteiger partial charge in [0.1, 0.15) is 12.7 Å². The molecule has 0 fully saturated rings. The lowest BCUT2D eigenvalue weighted by Gasteiger charge is -2.10. The minimum absolute atomic E-state index is 0.0915. The van der Waals surface area contributed by atoms with E-state index in [-0.39, 0.29) is 18.6 Å². The third-order valence-electron chi connectivity index (χ3n) is 2.75. The Morgan fingerprint density at radius 2 is 2.10 bits per heavy atom. The first kappa shape index (κ1) is 15.3. The summed E-state index contributed by atoms with van der Waals surface area (Å²) in [6.45, 7) is 3.39. The molecule has 0 aromatic carbocycles. The van der Waals surface area contributed by atoms with Crippen LogP contribution in [-0.2, 0) is 16.6 Å². The molecular weight excluding hydrogens is 296 g/mol. The lowest BCUT2D eigenvalue weighted by molar-refractivity contribution is 0.537. The molecule has 114 valence electrons. The maximum absolute atomic E-state index is 11.7. The fraction of sp³-hybridized carbons (Fsp3) is 0.455. The standard InChI is InChI=1S/C11H16N6O3S/c1-9(2)21(19,20)14-5-6-16-11(18)4-3-10(15-16)17-8-12-7-13-17/h3-4,7-9,14H,5-6H2,1-2H3. The maximum Gasteiger partial charge on any atom is 0.266 e. The van der Waals surface area contributed by atoms with Crippen LogP contribution in [0.25, 0.3) is 5.82 Å². The van der Waals surface area contributed by atoms with Gasteiger partial charge >= 0.3 is 0 Å². The first-order valence-corrected chi connectivity index (χ1v) is 7.86. The van der Waals surface area contributed by atoms with Crippen molar-refractivity contribution in [2.75, 3.05) is 6.54 Å². The van der Waals surface area contributed by atoms with E-state index in [2.05, 4.69) is 19.9 Å². The Labute approximate surface area is 121 Å². The van der Waals surface area contributed by atoms with Crippen LogP contribution in [-0.4, -0.2) is 44.8 Å². The van der Waals surface area contributed by atoms with E-state index in [0.717, 1.165) is 0 Å². The van der Waals surface area contributed by atoms with Crippen LogP contribution in [0.5, 0.6) is 0 Å². The lowest BCUT2D eigenvalue weighted by atomic mass is 10.5. The van der Waals surface area contributed by atoms with Gasteiger partial charge in [0.2, 0.25) is 10.0 Å². The number of hydrogen-bond donors (Lipinski definition) is 1. The lowest BCUT2D eigenvalue weighted by Crippen LogP contribution is -2.35. The number of sulfonamides is 1. The van der Waals surface area contributed by atoms with Crippen molar-refractivity contribution in [2.24, 2.45) is 0 Å². The molecule has 0 atom stereocenters. The fourth-order valence-corrected chi connectivity index (χ4v) is 2.22. The van der Waals surface area contributed by atoms with E-state index < -0.39 is 15.3 Å². The largest absolute Gasteiger partial charge is 0.268 e. The predicted molar refractivity (Wildman–Crippen MR) is 75.5 cm³/mol. The monoisotopic (exact) mass is 312 g/mol. The van der Waals surface area contributed by atoms with Crippen LogP contribution in [0.15, 0.2) is 29.6 Å². The average molecular weight is 312 g/mol. The van der Waals surface area contributed by atoms with Crippen LogP contribution in [0, 0.1) is 0 Å². The van der Waals surface area contributed by atoms with Crippen molar-refractivity contribution in [2.45, 2.75) is 25.6 Å². The highest BCUT2D eigenvalue weighted by Gasteiger charge is 2.14. The number of aromatic nitrogens is 5. The van der Waals surface area contributed by atoms with E-state index in [9.17, 15) is 13.2 Å². The fourth-order valence-electron chi connectivity index (χ4n) is 1.51. The SMILES string of the molecule is CC(C)S(=O)(=O)NCCn1nc(-n2cncn2)ccc1=O. The van der Waals surface area contributed by atoms with E-state index in [1.807, 2.05) is 0 Å². The third kappa shape index (κ3) is 3.73. The quantitative estimate of drug-likeness (QED) is 0.744. The van der Waals surface area contributed by atoms with Gasteiger partial charge in [-0.1, -0.05) is 0 Å². The summed E-state index contributed by atoms with van der Waals surface area (Å²) in [4.78, 5) is 15.5. The molecule has 10 heteroatoms. The summed E-state index contributed by atoms with van der Waals surface area (Å²) in [5.74, 6) is 0.429. The smallest absolute Gasteiger partial charge is 0.266 e. The van der Waals surface area contributed by atoms with Crippen molar-refractivity contribution in [1.29, 1.82) is 0 Å². The van der Waals surface area contributed by atoms with Crippen molar-refractivity contribution in [1.82, 2.24) is 29.3 Å². The molecule has 0 amide bonds. The average Bonchev–Trinajstić information content (AvgIpc) is 2.94. The summed E-state index contributed by atoms with van der Waals surface area (Å²) in [5.41, 5.74) is -0.317. The molecule has 2 aromatic rings. The highest BCUT2D eigenvalue weighted by molar-refractivity contribution is 7.90. The number of nitrogens with zero attached hydrogens (tertiary/aromatic N) is 5. The molecule has 2 heterocycles. The van der Waals surface area contributed by atoms with Crippen LogP contribution < -0.4 is 10.3 Å². The molecule has 21 heavy (non-hydrogen) atoms. The Kier molecular flexibility index (Phi) is 4.48. The minimum atomic E-state index is -3.36. The summed E-state index contributed by atoms with van der Waals surface area (Å²) in [6.07, 6.45) is 2.81. The molecule has 0 radical (unpaired) electrons. The van der Waals surface area contributed by atoms with E-state index in [4.69, 9.17) is 0 Å². The minimum Gasteiger partial charge on any atom is -0.268 e. The summed E-state index contributed by atoms with van der Waals surface area (Å²) in [6, 6.07) is 2.87. The van der Waals surface area contributed by atoms with E-state index in [0.29, 0.717) is 5.82 Å². The van der Waals surface area contributed by atoms with Gasteiger partial charge in [0.05, 0.1) is 11.8 Å². The molecule has 9 nitrogen and oxygen atoms in total. The van der Waals surface area contributed by atoms with Gasteiger partial charge in [-0.3, -0.25) is 4.79 Å². The second kappa shape index (κ2) is 6.14. The molecule has 0 bridgehead atoms. The molecule has 0 saturated carbocycles. The van der Waals surface area contributed by atoms with Crippen molar-refractivity contribution < 1.29 is 8.42 Å². The second-order valence-corrected chi connectivity index (χ2v) is 6.90. The summed E-state index contributed by atoms with van der Waals surface area (Å²) < 4.78 is 28.3. The Bertz CT molecular complexity index is 751. The zero-order valence-corrected chi connectivity index (χ0v) is 12.5. The van der Waals surface area contributed by atoms with Gasteiger partial charge in [-0.15, -0.1) is 5.10 Å². The maximum atomic E-state index is 11.7. The third-order valence-corrected chi connectivity index (χ3v) is 4.60. The van der Waals surface area contributed by atoms with E-state index >= 15 is 0 Å². The zero-order valence-electron chi connectivity index (χ0n) is 11.7. The highest BCUT2D eigenvalue weighted by Crippen LogP contribution is 1.97. The number of hydrogen-bond acceptors (Lipinski definition) is 6. The van der Waals surface area contributed by atoms with Crippen LogP contribution in [0.1, 0.15) is 13.8 Å². The van der Waals surface area contributed by atoms with Gasteiger partial charge in [-0.2, -0.15) is 5.10 Å². The molecule has 0 saturated heterocycles. The number of nitrogens with one attached hydrogen (secondary N) is 1. The summed E-state index contributed by atoms with van der Waals surface area (Å²) in [5, 5.41) is 7.50. The Morgan fingerprint density at radius 3 is 2.71 bits per heavy atom. The van der Waals surface area contributed by atoms with Gasteiger partial charge in [-0.05, 0) is 19.9 Å². The van der Waals surface area contributed by atoms with Gasteiger partial charge in [0.15, 0.2) is 5.82 Å². The predicted octanol–water partition coefficient (Wildman–Crippen LogP) is -0.848. The number of rotatable bonds is 6. The van der Waals surface area contributed by atoms with Crippen molar-refractivity contribution in [3.8, 4) is 5.82 Å². The van der Waals surface area contributed by atoms with Gasteiger partial charge in [0, 0.05) is 12.6 Å². The Balaban J connectivity index is 2.10. The van der Waals surface area contributed by atoms with Gasteiger partial charge < -0.3 is 0 Å². The Morgan fingerprint density at radius 1 is 1.33 bits per heavy atom. The zero-order chi connectivity index (χ0) is 15.5. The summed E-state index contributed by atoms with van der Waals surface area (Å²) in [7, 11) is -3.36. The molecule has 0 unspecified atom stereocenters. The second-order valence-electron chi connectivity index (χ2n) is 4.58.